The average molecular weight is 298 g/mol. The molecule has 0 amide bonds. The van der Waals surface area contributed by atoms with Crippen LogP contribution in [0.2, 0.25) is 0 Å². The molecule has 0 atom stereocenters. The molecule has 22 heavy (non-hydrogen) atoms. The highest BCUT2D eigenvalue weighted by Crippen LogP contribution is 2.26. The number of esters is 1. The van der Waals surface area contributed by atoms with Gasteiger partial charge >= 0.3 is 5.97 Å². The van der Waals surface area contributed by atoms with Gasteiger partial charge in [-0.15, -0.1) is 0 Å². The van der Waals surface area contributed by atoms with Gasteiger partial charge in [0.1, 0.15) is 0 Å². The number of pyridine rings is 1. The Morgan fingerprint density at radius 1 is 1.32 bits per heavy atom. The molecular weight excluding hydrogens is 284 g/mol. The Hall–Kier alpha value is -3.02. The van der Waals surface area contributed by atoms with Gasteiger partial charge in [-0.25, -0.2) is 4.79 Å². The summed E-state index contributed by atoms with van der Waals surface area (Å²) in [6.07, 6.45) is 4.52. The minimum atomic E-state index is -0.507. The molecule has 1 aromatic carbocycles. The summed E-state index contributed by atoms with van der Waals surface area (Å²) in [5.41, 5.74) is 1.71. The highest BCUT2D eigenvalue weighted by molar-refractivity contribution is 5.96. The maximum atomic E-state index is 11.8. The van der Waals surface area contributed by atoms with E-state index in [1.807, 2.05) is 0 Å². The van der Waals surface area contributed by atoms with Gasteiger partial charge in [0.2, 0.25) is 0 Å². The predicted octanol–water partition coefficient (Wildman–Crippen LogP) is 2.98. The third-order valence-corrected chi connectivity index (χ3v) is 2.89. The van der Waals surface area contributed by atoms with Crippen LogP contribution in [0.4, 0.5) is 5.69 Å². The summed E-state index contributed by atoms with van der Waals surface area (Å²) in [6, 6.07) is 9.59. The first-order valence-electron chi connectivity index (χ1n) is 6.65. The third-order valence-electron chi connectivity index (χ3n) is 2.89. The zero-order valence-electron chi connectivity index (χ0n) is 11.9. The van der Waals surface area contributed by atoms with Crippen LogP contribution in [0.15, 0.2) is 54.9 Å². The van der Waals surface area contributed by atoms with Crippen molar-refractivity contribution in [2.45, 2.75) is 6.92 Å². The van der Waals surface area contributed by atoms with Crippen molar-refractivity contribution < 1.29 is 14.5 Å². The number of hydrogen-bond acceptors (Lipinski definition) is 5. The Balaban J connectivity index is 2.51. The minimum Gasteiger partial charge on any atom is -0.463 e. The van der Waals surface area contributed by atoms with Crippen molar-refractivity contribution in [3.8, 4) is 0 Å². The molecule has 6 nitrogen and oxygen atoms in total. The van der Waals surface area contributed by atoms with Crippen LogP contribution in [-0.4, -0.2) is 22.5 Å². The van der Waals surface area contributed by atoms with Crippen LogP contribution in [0.5, 0.6) is 0 Å². The Kier molecular flexibility index (Phi) is 4.98. The molecule has 0 aliphatic carbocycles. The van der Waals surface area contributed by atoms with Crippen LogP contribution >= 0.6 is 0 Å². The highest BCUT2D eigenvalue weighted by atomic mass is 16.6. The van der Waals surface area contributed by atoms with E-state index in [-0.39, 0.29) is 12.3 Å². The second-order valence-corrected chi connectivity index (χ2v) is 4.36. The van der Waals surface area contributed by atoms with Gasteiger partial charge in [-0.1, -0.05) is 18.2 Å². The lowest BCUT2D eigenvalue weighted by molar-refractivity contribution is -0.384. The van der Waals surface area contributed by atoms with E-state index in [0.717, 1.165) is 0 Å². The number of nitro benzene ring substituents is 1. The molecule has 2 aromatic rings. The summed E-state index contributed by atoms with van der Waals surface area (Å²) in [7, 11) is 0. The number of nitro groups is 1. The zero-order chi connectivity index (χ0) is 15.9. The molecule has 0 spiro atoms. The lowest BCUT2D eigenvalue weighted by Crippen LogP contribution is -2.02. The molecule has 1 heterocycles. The van der Waals surface area contributed by atoms with Crippen LogP contribution in [-0.2, 0) is 9.53 Å². The van der Waals surface area contributed by atoms with Crippen LogP contribution in [0.3, 0.4) is 0 Å². The summed E-state index contributed by atoms with van der Waals surface area (Å²) < 4.78 is 4.92. The van der Waals surface area contributed by atoms with E-state index in [9.17, 15) is 14.9 Å². The van der Waals surface area contributed by atoms with Gasteiger partial charge in [-0.05, 0) is 24.1 Å². The molecule has 0 bridgehead atoms. The van der Waals surface area contributed by atoms with Crippen molar-refractivity contribution in [1.29, 1.82) is 0 Å². The first-order chi connectivity index (χ1) is 10.6. The molecule has 0 saturated carbocycles. The summed E-state index contributed by atoms with van der Waals surface area (Å²) in [5.74, 6) is -0.507. The molecule has 6 heteroatoms. The Bertz CT molecular complexity index is 711. The average Bonchev–Trinajstić information content (AvgIpc) is 2.54. The van der Waals surface area contributed by atoms with Crippen molar-refractivity contribution >= 4 is 17.2 Å². The molecule has 0 aliphatic heterocycles. The van der Waals surface area contributed by atoms with Gasteiger partial charge in [0.05, 0.1) is 11.5 Å². The van der Waals surface area contributed by atoms with Crippen molar-refractivity contribution in [3.63, 3.8) is 0 Å². The summed E-state index contributed by atoms with van der Waals surface area (Å²) in [4.78, 5) is 26.2. The Morgan fingerprint density at radius 3 is 2.73 bits per heavy atom. The van der Waals surface area contributed by atoms with Gasteiger partial charge in [0.15, 0.2) is 0 Å². The fraction of sp³-hybridized carbons (Fsp3) is 0.125. The molecule has 0 aliphatic rings. The van der Waals surface area contributed by atoms with Crippen LogP contribution in [0.25, 0.3) is 5.57 Å². The van der Waals surface area contributed by atoms with Crippen molar-refractivity contribution in [2.75, 3.05) is 6.61 Å². The molecule has 0 fully saturated rings. The number of ether oxygens (including phenoxy) is 1. The fourth-order valence-corrected chi connectivity index (χ4v) is 1.94. The number of rotatable bonds is 5. The number of non-ortho nitro benzene ring substituents is 1. The number of carbonyl (C=O) groups excluding carboxylic acids is 1. The number of benzene rings is 1. The lowest BCUT2D eigenvalue weighted by atomic mass is 9.98. The summed E-state index contributed by atoms with van der Waals surface area (Å²) >= 11 is 0. The first kappa shape index (κ1) is 15.4. The topological polar surface area (TPSA) is 82.3 Å². The quantitative estimate of drug-likeness (QED) is 0.367. The largest absolute Gasteiger partial charge is 0.463 e. The van der Waals surface area contributed by atoms with E-state index in [2.05, 4.69) is 4.98 Å². The van der Waals surface area contributed by atoms with E-state index in [4.69, 9.17) is 4.74 Å². The Labute approximate surface area is 127 Å². The molecule has 2 rings (SSSR count). The molecule has 0 saturated heterocycles. The number of aromatic nitrogens is 1. The van der Waals surface area contributed by atoms with Crippen LogP contribution in [0, 0.1) is 10.1 Å². The Morgan fingerprint density at radius 2 is 2.09 bits per heavy atom. The number of hydrogen-bond donors (Lipinski definition) is 0. The van der Waals surface area contributed by atoms with Crippen molar-refractivity contribution in [2.24, 2.45) is 0 Å². The zero-order valence-corrected chi connectivity index (χ0v) is 11.9. The lowest BCUT2D eigenvalue weighted by Gasteiger charge is -2.08. The summed E-state index contributed by atoms with van der Waals surface area (Å²) in [6.45, 7) is 1.97. The third kappa shape index (κ3) is 3.76. The molecular formula is C16H14N2O4. The molecule has 0 N–H and O–H groups in total. The predicted molar refractivity (Wildman–Crippen MR) is 81.0 cm³/mol. The molecule has 1 aromatic heterocycles. The fourth-order valence-electron chi connectivity index (χ4n) is 1.94. The monoisotopic (exact) mass is 298 g/mol. The van der Waals surface area contributed by atoms with Crippen LogP contribution < -0.4 is 0 Å². The molecule has 0 unspecified atom stereocenters. The summed E-state index contributed by atoms with van der Waals surface area (Å²) in [5, 5.41) is 10.9. The maximum absolute atomic E-state index is 11.8. The molecule has 0 radical (unpaired) electrons. The maximum Gasteiger partial charge on any atom is 0.331 e. The number of carbonyl (C=O) groups is 1. The standard InChI is InChI=1S/C16H14N2O4/c1-2-22-16(19)10-15(13-6-4-8-17-11-13)12-5-3-7-14(9-12)18(20)21/h3-11H,2H2,1H3. The van der Waals surface area contributed by atoms with Gasteiger partial charge in [0.25, 0.3) is 5.69 Å². The van der Waals surface area contributed by atoms with Gasteiger partial charge in [-0.3, -0.25) is 15.1 Å². The second-order valence-electron chi connectivity index (χ2n) is 4.36. The normalized spacial score (nSPS) is 11.0. The smallest absolute Gasteiger partial charge is 0.331 e. The number of nitrogens with zero attached hydrogens (tertiary/aromatic N) is 2. The molecule has 112 valence electrons. The van der Waals surface area contributed by atoms with Crippen molar-refractivity contribution in [1.82, 2.24) is 4.98 Å². The van der Waals surface area contributed by atoms with E-state index in [0.29, 0.717) is 16.7 Å². The van der Waals surface area contributed by atoms with E-state index in [1.165, 1.54) is 18.2 Å². The first-order valence-corrected chi connectivity index (χ1v) is 6.65. The van der Waals surface area contributed by atoms with E-state index >= 15 is 0 Å². The van der Waals surface area contributed by atoms with Crippen LogP contribution in [0.1, 0.15) is 18.1 Å². The van der Waals surface area contributed by atoms with Gasteiger partial charge in [-0.2, -0.15) is 0 Å². The van der Waals surface area contributed by atoms with Gasteiger partial charge < -0.3 is 4.74 Å². The van der Waals surface area contributed by atoms with Crippen molar-refractivity contribution in [3.05, 3.63) is 76.1 Å². The van der Waals surface area contributed by atoms with E-state index in [1.54, 1.807) is 43.6 Å². The minimum absolute atomic E-state index is 0.0452. The highest BCUT2D eigenvalue weighted by Gasteiger charge is 2.12. The van der Waals surface area contributed by atoms with Gasteiger partial charge in [0, 0.05) is 36.2 Å². The second kappa shape index (κ2) is 7.12. The van der Waals surface area contributed by atoms with E-state index < -0.39 is 10.9 Å². The SMILES string of the molecule is CCOC(=O)C=C(c1cccnc1)c1cccc([N+](=O)[O-])c1.